The van der Waals surface area contributed by atoms with Crippen LogP contribution in [0.1, 0.15) is 13.3 Å². The Bertz CT molecular complexity index is 965. The highest BCUT2D eigenvalue weighted by Gasteiger charge is 2.44. The number of rotatable bonds is 6. The third-order valence-electron chi connectivity index (χ3n) is 4.99. The first-order chi connectivity index (χ1) is 14.1. The number of thiazole rings is 1. The number of amides is 1. The Labute approximate surface area is 169 Å². The summed E-state index contributed by atoms with van der Waals surface area (Å²) in [6.07, 6.45) is -0.278. The summed E-state index contributed by atoms with van der Waals surface area (Å²) in [7, 11) is 0. The maximum atomic E-state index is 13.6. The molecule has 1 amide bonds. The summed E-state index contributed by atoms with van der Waals surface area (Å²) in [6.45, 7) is 1.36. The quantitative estimate of drug-likeness (QED) is 0.416. The molecule has 12 heteroatoms. The molecule has 0 spiro atoms. The summed E-state index contributed by atoms with van der Waals surface area (Å²) in [5.74, 6) is 0.705. The van der Waals surface area contributed by atoms with Gasteiger partial charge in [-0.05, 0) is 36.9 Å². The van der Waals surface area contributed by atoms with Crippen molar-refractivity contribution in [1.29, 1.82) is 0 Å². The fraction of sp³-hybridized carbons (Fsp3) is 0.529. The van der Waals surface area contributed by atoms with E-state index in [-0.39, 0.29) is 19.4 Å². The van der Waals surface area contributed by atoms with E-state index in [4.69, 9.17) is 19.7 Å². The number of hydrogen-bond acceptors (Lipinski definition) is 8. The van der Waals surface area contributed by atoms with Crippen LogP contribution < -0.4 is 20.1 Å². The average molecular weight is 422 g/mol. The number of alkyl halides is 1. The van der Waals surface area contributed by atoms with E-state index < -0.39 is 30.8 Å². The van der Waals surface area contributed by atoms with E-state index in [2.05, 4.69) is 25.6 Å². The van der Waals surface area contributed by atoms with Gasteiger partial charge in [0.05, 0.1) is 30.1 Å². The summed E-state index contributed by atoms with van der Waals surface area (Å²) in [5, 5.41) is 10.3. The van der Waals surface area contributed by atoms with Gasteiger partial charge in [-0.15, -0.1) is 0 Å². The first-order valence-electron chi connectivity index (χ1n) is 9.13. The highest BCUT2D eigenvalue weighted by Crippen LogP contribution is 2.42. The Morgan fingerprint density at radius 2 is 2.38 bits per heavy atom. The molecule has 0 bridgehead atoms. The summed E-state index contributed by atoms with van der Waals surface area (Å²) in [4.78, 5) is 19.4. The zero-order valence-electron chi connectivity index (χ0n) is 15.5. The molecule has 4 rings (SSSR count). The van der Waals surface area contributed by atoms with Crippen molar-refractivity contribution >= 4 is 32.8 Å². The third-order valence-corrected chi connectivity index (χ3v) is 5.94. The molecule has 4 atom stereocenters. The Morgan fingerprint density at radius 1 is 1.52 bits per heavy atom. The molecule has 2 aliphatic rings. The number of carbonyl (C=O) groups excluding carboxylic acids is 1. The fourth-order valence-electron chi connectivity index (χ4n) is 3.74. The maximum absolute atomic E-state index is 13.6. The molecule has 1 aromatic carbocycles. The van der Waals surface area contributed by atoms with Crippen molar-refractivity contribution in [3.8, 4) is 11.5 Å². The van der Waals surface area contributed by atoms with Crippen molar-refractivity contribution in [1.82, 2.24) is 10.3 Å². The molecule has 1 aromatic heterocycles. The number of anilines is 1. The summed E-state index contributed by atoms with van der Waals surface area (Å²) < 4.78 is 30.3. The number of fused-ring (bicyclic) bond motifs is 3. The Hall–Kier alpha value is -2.98. The number of halogens is 1. The van der Waals surface area contributed by atoms with Crippen molar-refractivity contribution in [3.05, 3.63) is 22.6 Å². The van der Waals surface area contributed by atoms with Gasteiger partial charge in [0.1, 0.15) is 5.52 Å². The molecule has 1 fully saturated rings. The van der Waals surface area contributed by atoms with Gasteiger partial charge in [-0.1, -0.05) is 16.5 Å². The van der Waals surface area contributed by atoms with Crippen LogP contribution in [0.4, 0.5) is 14.3 Å². The van der Waals surface area contributed by atoms with E-state index in [9.17, 15) is 9.18 Å². The zero-order valence-corrected chi connectivity index (χ0v) is 16.3. The molecular weight excluding hydrogens is 403 g/mol. The van der Waals surface area contributed by atoms with Crippen molar-refractivity contribution in [2.75, 3.05) is 25.4 Å². The second kappa shape index (κ2) is 8.18. The highest BCUT2D eigenvalue weighted by molar-refractivity contribution is 7.22. The lowest BCUT2D eigenvalue weighted by Gasteiger charge is -2.24. The van der Waals surface area contributed by atoms with Crippen LogP contribution in [-0.4, -0.2) is 49.3 Å². The number of benzene rings is 1. The molecule has 1 aliphatic heterocycles. The number of ether oxygens (including phenoxy) is 3. The van der Waals surface area contributed by atoms with Crippen molar-refractivity contribution < 1.29 is 23.4 Å². The SMILES string of the molecule is CCOC(=O)N[C@H]1[C@H](N=[N+]=[N-])[C@@H](CF)C[C@H]1Nc1nc2c3c(ccc2s1)OCO3. The van der Waals surface area contributed by atoms with E-state index >= 15 is 0 Å². The zero-order chi connectivity index (χ0) is 20.4. The minimum absolute atomic E-state index is 0.148. The highest BCUT2D eigenvalue weighted by atomic mass is 32.1. The number of nitrogens with zero attached hydrogens (tertiary/aromatic N) is 4. The number of aromatic nitrogens is 1. The lowest BCUT2D eigenvalue weighted by atomic mass is 10.0. The summed E-state index contributed by atoms with van der Waals surface area (Å²) >= 11 is 1.41. The van der Waals surface area contributed by atoms with Gasteiger partial charge in [0.25, 0.3) is 0 Å². The van der Waals surface area contributed by atoms with Crippen LogP contribution in [0.25, 0.3) is 20.7 Å². The van der Waals surface area contributed by atoms with E-state index in [1.165, 1.54) is 11.3 Å². The molecule has 0 saturated heterocycles. The molecule has 0 radical (unpaired) electrons. The van der Waals surface area contributed by atoms with Gasteiger partial charge in [-0.2, -0.15) is 0 Å². The van der Waals surface area contributed by atoms with Crippen LogP contribution in [0.15, 0.2) is 17.2 Å². The second-order valence-corrected chi connectivity index (χ2v) is 7.68. The summed E-state index contributed by atoms with van der Waals surface area (Å²) in [6, 6.07) is 1.96. The largest absolute Gasteiger partial charge is 0.454 e. The normalized spacial score (nSPS) is 24.9. The molecule has 2 aromatic rings. The second-order valence-electron chi connectivity index (χ2n) is 6.65. The summed E-state index contributed by atoms with van der Waals surface area (Å²) in [5.41, 5.74) is 9.57. The predicted molar refractivity (Wildman–Crippen MR) is 104 cm³/mol. The van der Waals surface area contributed by atoms with Crippen LogP contribution in [0.2, 0.25) is 0 Å². The molecule has 1 aliphatic carbocycles. The minimum atomic E-state index is -0.734. The number of hydrogen-bond donors (Lipinski definition) is 2. The lowest BCUT2D eigenvalue weighted by molar-refractivity contribution is 0.146. The topological polar surface area (TPSA) is 130 Å². The molecule has 0 unspecified atom stereocenters. The lowest BCUT2D eigenvalue weighted by Crippen LogP contribution is -2.49. The van der Waals surface area contributed by atoms with E-state index in [0.29, 0.717) is 28.6 Å². The number of carbonyl (C=O) groups is 1. The van der Waals surface area contributed by atoms with E-state index in [1.807, 2.05) is 12.1 Å². The monoisotopic (exact) mass is 422 g/mol. The molecule has 2 heterocycles. The van der Waals surface area contributed by atoms with Gasteiger partial charge >= 0.3 is 6.09 Å². The number of azide groups is 1. The Morgan fingerprint density at radius 3 is 3.14 bits per heavy atom. The molecule has 1 saturated carbocycles. The van der Waals surface area contributed by atoms with Crippen molar-refractivity contribution in [2.45, 2.75) is 31.5 Å². The van der Waals surface area contributed by atoms with Gasteiger partial charge in [0, 0.05) is 11.0 Å². The van der Waals surface area contributed by atoms with Crippen LogP contribution in [0, 0.1) is 5.92 Å². The predicted octanol–water partition coefficient (Wildman–Crippen LogP) is 3.59. The van der Waals surface area contributed by atoms with Crippen LogP contribution in [0.3, 0.4) is 0 Å². The molecule has 2 N–H and O–H groups in total. The third kappa shape index (κ3) is 3.68. The van der Waals surface area contributed by atoms with Crippen LogP contribution in [0.5, 0.6) is 11.5 Å². The number of nitrogens with one attached hydrogen (secondary N) is 2. The molecule has 154 valence electrons. The Balaban J connectivity index is 1.60. The standard InChI is InChI=1S/C17H19FN6O4S/c1-2-26-17(25)22-13-9(5-8(6-18)12(13)23-24-19)20-16-21-14-11(29-16)4-3-10-15(14)28-7-27-10/h3-4,8-9,12-13H,2,5-7H2,1H3,(H,20,21)(H,22,25)/t8-,9-,12-,13-/m1/s1. The van der Waals surface area contributed by atoms with E-state index in [1.54, 1.807) is 6.92 Å². The van der Waals surface area contributed by atoms with Crippen molar-refractivity contribution in [3.63, 3.8) is 0 Å². The van der Waals surface area contributed by atoms with Gasteiger partial charge in [0.15, 0.2) is 16.6 Å². The van der Waals surface area contributed by atoms with Gasteiger partial charge in [-0.25, -0.2) is 9.78 Å². The van der Waals surface area contributed by atoms with E-state index in [0.717, 1.165) is 4.70 Å². The molecular formula is C17H19FN6O4S. The van der Waals surface area contributed by atoms with Crippen LogP contribution in [-0.2, 0) is 4.74 Å². The fourth-order valence-corrected chi connectivity index (χ4v) is 4.67. The first-order valence-corrected chi connectivity index (χ1v) is 9.95. The van der Waals surface area contributed by atoms with Crippen molar-refractivity contribution in [2.24, 2.45) is 11.0 Å². The van der Waals surface area contributed by atoms with Gasteiger partial charge in [-0.3, -0.25) is 4.39 Å². The Kier molecular flexibility index (Phi) is 5.45. The minimum Gasteiger partial charge on any atom is -0.454 e. The first kappa shape index (κ1) is 19.3. The average Bonchev–Trinajstić information content (AvgIpc) is 3.40. The molecule has 10 nitrogen and oxygen atoms in total. The smallest absolute Gasteiger partial charge is 0.407 e. The van der Waals surface area contributed by atoms with Gasteiger partial charge in [0.2, 0.25) is 6.79 Å². The maximum Gasteiger partial charge on any atom is 0.407 e. The van der Waals surface area contributed by atoms with Gasteiger partial charge < -0.3 is 24.8 Å². The molecule has 29 heavy (non-hydrogen) atoms. The van der Waals surface area contributed by atoms with Crippen LogP contribution >= 0.6 is 11.3 Å². The number of alkyl carbamates (subject to hydrolysis) is 1.